The number of esters is 1. The van der Waals surface area contributed by atoms with Crippen molar-refractivity contribution < 1.29 is 9.53 Å². The van der Waals surface area contributed by atoms with Crippen molar-refractivity contribution in [3.63, 3.8) is 0 Å². The highest BCUT2D eigenvalue weighted by molar-refractivity contribution is 5.74. The third-order valence-corrected chi connectivity index (χ3v) is 4.82. The maximum atomic E-state index is 12.5. The first kappa shape index (κ1) is 13.6. The molecule has 1 saturated carbocycles. The molecule has 3 nitrogen and oxygen atoms in total. The van der Waals surface area contributed by atoms with E-state index in [9.17, 15) is 4.79 Å². The molecule has 1 aliphatic heterocycles. The minimum absolute atomic E-state index is 0.0112. The number of rotatable bonds is 3. The summed E-state index contributed by atoms with van der Waals surface area (Å²) in [6, 6.07) is 9.92. The first-order valence-electron chi connectivity index (χ1n) is 7.76. The molecule has 0 bridgehead atoms. The molecule has 3 rings (SSSR count). The molecule has 20 heavy (non-hydrogen) atoms. The van der Waals surface area contributed by atoms with Gasteiger partial charge in [-0.2, -0.15) is 0 Å². The van der Waals surface area contributed by atoms with E-state index >= 15 is 0 Å². The summed E-state index contributed by atoms with van der Waals surface area (Å²) in [6.07, 6.45) is 6.78. The number of carbonyl (C=O) groups is 1. The van der Waals surface area contributed by atoms with Gasteiger partial charge < -0.3 is 10.1 Å². The van der Waals surface area contributed by atoms with E-state index in [1.165, 1.54) is 12.8 Å². The minimum Gasteiger partial charge on any atom is -0.461 e. The highest BCUT2D eigenvalue weighted by atomic mass is 16.5. The lowest BCUT2D eigenvalue weighted by Crippen LogP contribution is -2.52. The summed E-state index contributed by atoms with van der Waals surface area (Å²) in [6.45, 7) is 1.44. The fourth-order valence-electron chi connectivity index (χ4n) is 3.75. The molecular weight excluding hydrogens is 250 g/mol. The maximum Gasteiger partial charge on any atom is 0.311 e. The quantitative estimate of drug-likeness (QED) is 0.860. The molecule has 2 atom stereocenters. The lowest BCUT2D eigenvalue weighted by Gasteiger charge is -2.40. The lowest BCUT2D eigenvalue weighted by molar-refractivity contribution is -0.154. The molecule has 2 aliphatic rings. The summed E-state index contributed by atoms with van der Waals surface area (Å²) < 4.78 is 5.58. The van der Waals surface area contributed by atoms with Crippen LogP contribution in [-0.4, -0.2) is 18.1 Å². The Labute approximate surface area is 120 Å². The van der Waals surface area contributed by atoms with Crippen LogP contribution in [0.25, 0.3) is 0 Å². The minimum atomic E-state index is -0.0112. The van der Waals surface area contributed by atoms with Gasteiger partial charge in [0.1, 0.15) is 6.61 Å². The van der Waals surface area contributed by atoms with Gasteiger partial charge in [-0.1, -0.05) is 43.2 Å². The van der Waals surface area contributed by atoms with E-state index in [2.05, 4.69) is 5.32 Å². The largest absolute Gasteiger partial charge is 0.461 e. The van der Waals surface area contributed by atoms with E-state index in [0.717, 1.165) is 37.8 Å². The predicted octanol–water partition coefficient (Wildman–Crippen LogP) is 3.04. The molecule has 1 saturated heterocycles. The normalized spacial score (nSPS) is 29.5. The summed E-state index contributed by atoms with van der Waals surface area (Å²) >= 11 is 0. The van der Waals surface area contributed by atoms with Crippen molar-refractivity contribution in [3.05, 3.63) is 35.9 Å². The number of benzene rings is 1. The first-order chi connectivity index (χ1) is 9.80. The molecule has 3 heteroatoms. The Kier molecular flexibility index (Phi) is 4.06. The summed E-state index contributed by atoms with van der Waals surface area (Å²) in [7, 11) is 0. The fraction of sp³-hybridized carbons (Fsp3) is 0.588. The Morgan fingerprint density at radius 1 is 1.20 bits per heavy atom. The van der Waals surface area contributed by atoms with E-state index in [1.54, 1.807) is 0 Å². The number of nitrogens with one attached hydrogen (secondary N) is 1. The number of hydrogen-bond donors (Lipinski definition) is 1. The molecule has 1 aromatic carbocycles. The van der Waals surface area contributed by atoms with Crippen LogP contribution in [-0.2, 0) is 16.1 Å². The van der Waals surface area contributed by atoms with E-state index < -0.39 is 0 Å². The van der Waals surface area contributed by atoms with Crippen LogP contribution in [0.2, 0.25) is 0 Å². The van der Waals surface area contributed by atoms with Gasteiger partial charge in [-0.3, -0.25) is 4.79 Å². The standard InChI is InChI=1S/C17H23NO2/c19-16(20-13-14-7-2-1-3-8-14)15-9-4-5-10-17(15)11-6-12-18-17/h1-3,7-8,15,18H,4-6,9-13H2. The SMILES string of the molecule is O=C(OCc1ccccc1)C1CCCCC12CCCN2. The molecule has 1 N–H and O–H groups in total. The Morgan fingerprint density at radius 2 is 2.00 bits per heavy atom. The second-order valence-electron chi connectivity index (χ2n) is 6.08. The van der Waals surface area contributed by atoms with Crippen LogP contribution in [0, 0.1) is 5.92 Å². The van der Waals surface area contributed by atoms with Gasteiger partial charge in [0, 0.05) is 5.54 Å². The molecular formula is C17H23NO2. The molecule has 2 unspecified atom stereocenters. The molecule has 1 aliphatic carbocycles. The van der Waals surface area contributed by atoms with E-state index in [4.69, 9.17) is 4.74 Å². The highest BCUT2D eigenvalue weighted by Gasteiger charge is 2.46. The van der Waals surface area contributed by atoms with Gasteiger partial charge in [0.25, 0.3) is 0 Å². The fourth-order valence-corrected chi connectivity index (χ4v) is 3.75. The molecule has 2 fully saturated rings. The van der Waals surface area contributed by atoms with Crippen molar-refractivity contribution in [1.29, 1.82) is 0 Å². The van der Waals surface area contributed by atoms with E-state index in [-0.39, 0.29) is 17.4 Å². The molecule has 0 amide bonds. The Bertz CT molecular complexity index is 451. The Balaban J connectivity index is 1.63. The van der Waals surface area contributed by atoms with E-state index in [1.807, 2.05) is 30.3 Å². The topological polar surface area (TPSA) is 38.3 Å². The van der Waals surface area contributed by atoms with Gasteiger partial charge >= 0.3 is 5.97 Å². The van der Waals surface area contributed by atoms with Gasteiger partial charge in [0.2, 0.25) is 0 Å². The molecule has 108 valence electrons. The average molecular weight is 273 g/mol. The van der Waals surface area contributed by atoms with Gasteiger partial charge in [-0.05, 0) is 37.8 Å². The lowest BCUT2D eigenvalue weighted by atomic mass is 9.72. The highest BCUT2D eigenvalue weighted by Crippen LogP contribution is 2.40. The average Bonchev–Trinajstić information content (AvgIpc) is 2.95. The smallest absolute Gasteiger partial charge is 0.311 e. The summed E-state index contributed by atoms with van der Waals surface area (Å²) in [4.78, 5) is 12.5. The summed E-state index contributed by atoms with van der Waals surface area (Å²) in [5.41, 5.74) is 1.09. The van der Waals surface area contributed by atoms with Crippen molar-refractivity contribution in [2.24, 2.45) is 5.92 Å². The zero-order valence-electron chi connectivity index (χ0n) is 11.9. The van der Waals surface area contributed by atoms with Gasteiger partial charge in [0.15, 0.2) is 0 Å². The molecule has 1 heterocycles. The van der Waals surface area contributed by atoms with Gasteiger partial charge in [-0.15, -0.1) is 0 Å². The number of hydrogen-bond acceptors (Lipinski definition) is 3. The third-order valence-electron chi connectivity index (χ3n) is 4.82. The third kappa shape index (κ3) is 2.73. The van der Waals surface area contributed by atoms with Crippen molar-refractivity contribution in [3.8, 4) is 0 Å². The van der Waals surface area contributed by atoms with E-state index in [0.29, 0.717) is 6.61 Å². The van der Waals surface area contributed by atoms with Crippen molar-refractivity contribution in [2.45, 2.75) is 50.7 Å². The zero-order chi connectivity index (χ0) is 13.8. The van der Waals surface area contributed by atoms with Crippen LogP contribution in [0.1, 0.15) is 44.1 Å². The molecule has 1 aromatic rings. The van der Waals surface area contributed by atoms with Gasteiger partial charge in [-0.25, -0.2) is 0 Å². The van der Waals surface area contributed by atoms with Crippen LogP contribution in [0.5, 0.6) is 0 Å². The van der Waals surface area contributed by atoms with Crippen LogP contribution in [0.15, 0.2) is 30.3 Å². The number of ether oxygens (including phenoxy) is 1. The first-order valence-corrected chi connectivity index (χ1v) is 7.76. The van der Waals surface area contributed by atoms with Crippen LogP contribution >= 0.6 is 0 Å². The Hall–Kier alpha value is -1.35. The van der Waals surface area contributed by atoms with Crippen molar-refractivity contribution >= 4 is 5.97 Å². The molecule has 1 spiro atoms. The van der Waals surface area contributed by atoms with Crippen LogP contribution in [0.3, 0.4) is 0 Å². The van der Waals surface area contributed by atoms with Gasteiger partial charge in [0.05, 0.1) is 5.92 Å². The van der Waals surface area contributed by atoms with Crippen molar-refractivity contribution in [1.82, 2.24) is 5.32 Å². The second-order valence-corrected chi connectivity index (χ2v) is 6.08. The second kappa shape index (κ2) is 5.96. The van der Waals surface area contributed by atoms with Crippen molar-refractivity contribution in [2.75, 3.05) is 6.54 Å². The monoisotopic (exact) mass is 273 g/mol. The Morgan fingerprint density at radius 3 is 2.75 bits per heavy atom. The summed E-state index contributed by atoms with van der Waals surface area (Å²) in [5, 5.41) is 3.60. The maximum absolute atomic E-state index is 12.5. The predicted molar refractivity (Wildman–Crippen MR) is 78.2 cm³/mol. The van der Waals surface area contributed by atoms with Crippen LogP contribution < -0.4 is 5.32 Å². The molecule has 0 aromatic heterocycles. The zero-order valence-corrected chi connectivity index (χ0v) is 11.9. The molecule has 0 radical (unpaired) electrons. The van der Waals surface area contributed by atoms with Crippen LogP contribution in [0.4, 0.5) is 0 Å². The summed E-state index contributed by atoms with van der Waals surface area (Å²) in [5.74, 6) is 0.0328. The number of carbonyl (C=O) groups excluding carboxylic acids is 1.